The van der Waals surface area contributed by atoms with Crippen molar-refractivity contribution in [2.45, 2.75) is 40.2 Å². The van der Waals surface area contributed by atoms with Gasteiger partial charge in [0.1, 0.15) is 5.58 Å². The molecule has 0 aliphatic heterocycles. The van der Waals surface area contributed by atoms with Crippen LogP contribution in [0.2, 0.25) is 0 Å². The molecule has 0 bridgehead atoms. The summed E-state index contributed by atoms with van der Waals surface area (Å²) < 4.78 is 10.7. The second kappa shape index (κ2) is 7.31. The number of furan rings is 1. The molecular weight excluding hydrogens is 294 g/mol. The third kappa shape index (κ3) is 4.58. The van der Waals surface area contributed by atoms with E-state index in [1.807, 2.05) is 39.0 Å². The average molecular weight is 317 g/mol. The van der Waals surface area contributed by atoms with Gasteiger partial charge in [0.2, 0.25) is 0 Å². The monoisotopic (exact) mass is 317 g/mol. The molecule has 23 heavy (non-hydrogen) atoms. The zero-order valence-electron chi connectivity index (χ0n) is 14.0. The largest absolute Gasteiger partial charge is 0.464 e. The Morgan fingerprint density at radius 1 is 1.26 bits per heavy atom. The number of hydrogen-bond acceptors (Lipinski definition) is 4. The number of rotatable bonds is 6. The molecule has 5 nitrogen and oxygen atoms in total. The molecule has 0 spiro atoms. The third-order valence-electron chi connectivity index (χ3n) is 3.51. The van der Waals surface area contributed by atoms with Crippen LogP contribution in [-0.4, -0.2) is 24.5 Å². The van der Waals surface area contributed by atoms with Crippen molar-refractivity contribution in [1.29, 1.82) is 0 Å². The van der Waals surface area contributed by atoms with E-state index in [-0.39, 0.29) is 12.3 Å². The minimum Gasteiger partial charge on any atom is -0.464 e. The van der Waals surface area contributed by atoms with Gasteiger partial charge in [-0.25, -0.2) is 0 Å². The maximum Gasteiger partial charge on any atom is 0.311 e. The second-order valence-electron chi connectivity index (χ2n) is 6.21. The van der Waals surface area contributed by atoms with Crippen LogP contribution in [0.15, 0.2) is 28.9 Å². The van der Waals surface area contributed by atoms with Crippen LogP contribution in [0.5, 0.6) is 0 Å². The summed E-state index contributed by atoms with van der Waals surface area (Å²) >= 11 is 0. The number of esters is 1. The minimum absolute atomic E-state index is 0.0812. The summed E-state index contributed by atoms with van der Waals surface area (Å²) in [4.78, 5) is 23.9. The predicted octanol–water partition coefficient (Wildman–Crippen LogP) is 2.99. The van der Waals surface area contributed by atoms with E-state index < -0.39 is 12.1 Å². The number of fused-ring (bicyclic) bond motifs is 1. The van der Waals surface area contributed by atoms with Gasteiger partial charge in [-0.3, -0.25) is 9.59 Å². The fourth-order valence-corrected chi connectivity index (χ4v) is 2.22. The van der Waals surface area contributed by atoms with E-state index in [4.69, 9.17) is 9.15 Å². The molecular formula is C18H23NO4. The van der Waals surface area contributed by atoms with Gasteiger partial charge < -0.3 is 14.5 Å². The fraction of sp³-hybridized carbons (Fsp3) is 0.444. The number of nitrogens with one attached hydrogen (secondary N) is 1. The first kappa shape index (κ1) is 17.1. The van der Waals surface area contributed by atoms with Crippen molar-refractivity contribution in [2.75, 3.05) is 6.54 Å². The van der Waals surface area contributed by atoms with Crippen LogP contribution < -0.4 is 5.32 Å². The maximum absolute atomic E-state index is 12.0. The number of carbonyl (C=O) groups is 2. The molecule has 1 heterocycles. The van der Waals surface area contributed by atoms with Crippen molar-refractivity contribution >= 4 is 22.8 Å². The SMILES string of the molecule is Cc1ccc2c(CC(=O)O[C@H](C)C(=O)NCC(C)C)coc2c1. The Morgan fingerprint density at radius 2 is 2.00 bits per heavy atom. The van der Waals surface area contributed by atoms with Gasteiger partial charge in [0.15, 0.2) is 6.10 Å². The van der Waals surface area contributed by atoms with Crippen LogP contribution in [0.1, 0.15) is 31.9 Å². The number of ether oxygens (including phenoxy) is 1. The lowest BCUT2D eigenvalue weighted by molar-refractivity contribution is -0.154. The Kier molecular flexibility index (Phi) is 5.42. The molecule has 2 rings (SSSR count). The first-order valence-corrected chi connectivity index (χ1v) is 7.80. The summed E-state index contributed by atoms with van der Waals surface area (Å²) in [6, 6.07) is 5.82. The summed E-state index contributed by atoms with van der Waals surface area (Å²) in [5.74, 6) is -0.372. The summed E-state index contributed by atoms with van der Waals surface area (Å²) in [6.07, 6.45) is 0.842. The van der Waals surface area contributed by atoms with E-state index in [9.17, 15) is 9.59 Å². The van der Waals surface area contributed by atoms with Gasteiger partial charge in [-0.2, -0.15) is 0 Å². The number of aryl methyl sites for hydroxylation is 1. The van der Waals surface area contributed by atoms with Crippen LogP contribution in [0, 0.1) is 12.8 Å². The first-order valence-electron chi connectivity index (χ1n) is 7.80. The van der Waals surface area contributed by atoms with Gasteiger partial charge in [0, 0.05) is 17.5 Å². The third-order valence-corrected chi connectivity index (χ3v) is 3.51. The van der Waals surface area contributed by atoms with Crippen LogP contribution >= 0.6 is 0 Å². The number of amides is 1. The van der Waals surface area contributed by atoms with Crippen molar-refractivity contribution in [3.63, 3.8) is 0 Å². The standard InChI is InChI=1S/C18H23NO4/c1-11(2)9-19-18(21)13(4)23-17(20)8-14-10-22-16-7-12(3)5-6-15(14)16/h5-7,10-11,13H,8-9H2,1-4H3,(H,19,21)/t13-/m1/s1. The van der Waals surface area contributed by atoms with E-state index in [1.165, 1.54) is 0 Å². The van der Waals surface area contributed by atoms with Gasteiger partial charge in [-0.1, -0.05) is 26.0 Å². The van der Waals surface area contributed by atoms with E-state index in [1.54, 1.807) is 13.2 Å². The fourth-order valence-electron chi connectivity index (χ4n) is 2.22. The molecule has 0 radical (unpaired) electrons. The highest BCUT2D eigenvalue weighted by atomic mass is 16.5. The first-order chi connectivity index (χ1) is 10.9. The lowest BCUT2D eigenvalue weighted by atomic mass is 10.1. The Morgan fingerprint density at radius 3 is 2.70 bits per heavy atom. The average Bonchev–Trinajstić information content (AvgIpc) is 2.86. The molecule has 1 amide bonds. The van der Waals surface area contributed by atoms with Crippen LogP contribution in [0.4, 0.5) is 0 Å². The Bertz CT molecular complexity index is 702. The van der Waals surface area contributed by atoms with Gasteiger partial charge in [0.05, 0.1) is 12.7 Å². The molecule has 2 aromatic rings. The Hall–Kier alpha value is -2.30. The molecule has 0 fully saturated rings. The molecule has 5 heteroatoms. The van der Waals surface area contributed by atoms with E-state index in [0.717, 1.165) is 22.1 Å². The second-order valence-corrected chi connectivity index (χ2v) is 6.21. The molecule has 0 aliphatic rings. The summed E-state index contributed by atoms with van der Waals surface area (Å²) in [6.45, 7) is 8.12. The molecule has 0 saturated heterocycles. The van der Waals surface area contributed by atoms with Crippen LogP contribution in [0.25, 0.3) is 11.0 Å². The zero-order valence-corrected chi connectivity index (χ0v) is 14.0. The van der Waals surface area contributed by atoms with E-state index in [2.05, 4.69) is 5.32 Å². The predicted molar refractivity (Wildman–Crippen MR) is 88.1 cm³/mol. The molecule has 0 unspecified atom stereocenters. The van der Waals surface area contributed by atoms with Gasteiger partial charge >= 0.3 is 5.97 Å². The molecule has 0 saturated carbocycles. The highest BCUT2D eigenvalue weighted by Gasteiger charge is 2.19. The number of benzene rings is 1. The molecule has 1 aromatic heterocycles. The van der Waals surface area contributed by atoms with Gasteiger partial charge in [-0.15, -0.1) is 0 Å². The molecule has 1 atom stereocenters. The normalized spacial score (nSPS) is 12.4. The highest BCUT2D eigenvalue weighted by Crippen LogP contribution is 2.23. The van der Waals surface area contributed by atoms with Crippen LogP contribution in [0.3, 0.4) is 0 Å². The number of carbonyl (C=O) groups excluding carboxylic acids is 2. The lowest BCUT2D eigenvalue weighted by Crippen LogP contribution is -2.37. The maximum atomic E-state index is 12.0. The van der Waals surface area contributed by atoms with Crippen molar-refractivity contribution in [1.82, 2.24) is 5.32 Å². The van der Waals surface area contributed by atoms with Crippen LogP contribution in [-0.2, 0) is 20.7 Å². The quantitative estimate of drug-likeness (QED) is 0.832. The highest BCUT2D eigenvalue weighted by molar-refractivity contribution is 5.88. The molecule has 124 valence electrons. The zero-order chi connectivity index (χ0) is 17.0. The summed E-state index contributed by atoms with van der Waals surface area (Å²) in [5, 5.41) is 3.64. The van der Waals surface area contributed by atoms with Crippen molar-refractivity contribution in [2.24, 2.45) is 5.92 Å². The lowest BCUT2D eigenvalue weighted by Gasteiger charge is -2.14. The van der Waals surface area contributed by atoms with Gasteiger partial charge in [0.25, 0.3) is 5.91 Å². The minimum atomic E-state index is -0.804. The Balaban J connectivity index is 1.94. The topological polar surface area (TPSA) is 68.5 Å². The molecule has 1 N–H and O–H groups in total. The Labute approximate surface area is 136 Å². The summed E-state index contributed by atoms with van der Waals surface area (Å²) in [7, 11) is 0. The number of hydrogen-bond donors (Lipinski definition) is 1. The molecule has 0 aliphatic carbocycles. The summed E-state index contributed by atoms with van der Waals surface area (Å²) in [5.41, 5.74) is 2.60. The van der Waals surface area contributed by atoms with Gasteiger partial charge in [-0.05, 0) is 31.4 Å². The van der Waals surface area contributed by atoms with Crippen molar-refractivity contribution in [3.05, 3.63) is 35.6 Å². The smallest absolute Gasteiger partial charge is 0.311 e. The van der Waals surface area contributed by atoms with E-state index in [0.29, 0.717) is 12.5 Å². The molecule has 1 aromatic carbocycles. The van der Waals surface area contributed by atoms with Crippen molar-refractivity contribution < 1.29 is 18.7 Å². The van der Waals surface area contributed by atoms with E-state index >= 15 is 0 Å². The van der Waals surface area contributed by atoms with Crippen molar-refractivity contribution in [3.8, 4) is 0 Å².